The van der Waals surface area contributed by atoms with Gasteiger partial charge in [-0.2, -0.15) is 0 Å². The number of aryl methyl sites for hydroxylation is 1. The molecule has 0 N–H and O–H groups in total. The fourth-order valence-electron chi connectivity index (χ4n) is 5.19. The lowest BCUT2D eigenvalue weighted by atomic mass is 9.77. The molecule has 1 spiro atoms. The van der Waals surface area contributed by atoms with Gasteiger partial charge in [0.2, 0.25) is 5.91 Å². The Bertz CT molecular complexity index is 859. The molecule has 0 radical (unpaired) electrons. The molecule has 1 aromatic carbocycles. The van der Waals surface area contributed by atoms with Gasteiger partial charge in [-0.25, -0.2) is 9.97 Å². The van der Waals surface area contributed by atoms with Crippen molar-refractivity contribution in [2.24, 2.45) is 5.92 Å². The lowest BCUT2D eigenvalue weighted by Crippen LogP contribution is -2.50. The van der Waals surface area contributed by atoms with Crippen molar-refractivity contribution >= 4 is 5.91 Å². The minimum atomic E-state index is 0.000873. The highest BCUT2D eigenvalue weighted by Gasteiger charge is 2.45. The Kier molecular flexibility index (Phi) is 4.63. The van der Waals surface area contributed by atoms with Gasteiger partial charge in [0.25, 0.3) is 0 Å². The Morgan fingerprint density at radius 3 is 2.79 bits per heavy atom. The molecule has 5 rings (SSSR count). The van der Waals surface area contributed by atoms with Crippen LogP contribution in [-0.4, -0.2) is 47.1 Å². The molecule has 2 aromatic rings. The summed E-state index contributed by atoms with van der Waals surface area (Å²) in [6.45, 7) is 3.11. The van der Waals surface area contributed by atoms with E-state index in [1.807, 2.05) is 24.4 Å². The Morgan fingerprint density at radius 2 is 1.96 bits per heavy atom. The number of ether oxygens (including phenoxy) is 1. The second kappa shape index (κ2) is 7.28. The van der Waals surface area contributed by atoms with Crippen molar-refractivity contribution in [3.05, 3.63) is 47.8 Å². The molecule has 5 nitrogen and oxygen atoms in total. The highest BCUT2D eigenvalue weighted by atomic mass is 16.5. The maximum Gasteiger partial charge on any atom is 0.225 e. The standard InChI is InChI=1S/C23H27N3O2/c27-22(18-8-13-28-14-9-18)26-12-4-10-23(16-26)11-7-19-15-24-21(25-20(19)23)17-5-2-1-3-6-17/h1-3,5-6,15,18H,4,7-14,16H2. The summed E-state index contributed by atoms with van der Waals surface area (Å²) in [6.07, 6.45) is 8.00. The number of hydrogen-bond acceptors (Lipinski definition) is 4. The van der Waals surface area contributed by atoms with Crippen LogP contribution in [0.15, 0.2) is 36.5 Å². The van der Waals surface area contributed by atoms with Crippen molar-refractivity contribution in [1.29, 1.82) is 0 Å². The number of rotatable bonds is 2. The van der Waals surface area contributed by atoms with E-state index in [4.69, 9.17) is 9.72 Å². The van der Waals surface area contributed by atoms with Gasteiger partial charge in [0, 0.05) is 49.4 Å². The zero-order chi connectivity index (χ0) is 19.0. The third-order valence-electron chi connectivity index (χ3n) is 6.73. The minimum Gasteiger partial charge on any atom is -0.381 e. The van der Waals surface area contributed by atoms with Crippen LogP contribution in [0.2, 0.25) is 0 Å². The van der Waals surface area contributed by atoms with Crippen molar-refractivity contribution in [3.63, 3.8) is 0 Å². The quantitative estimate of drug-likeness (QED) is 0.805. The van der Waals surface area contributed by atoms with Gasteiger partial charge < -0.3 is 9.64 Å². The van der Waals surface area contributed by atoms with E-state index in [1.165, 1.54) is 11.3 Å². The minimum absolute atomic E-state index is 0.000873. The van der Waals surface area contributed by atoms with E-state index in [9.17, 15) is 4.79 Å². The van der Waals surface area contributed by atoms with Gasteiger partial charge in [-0.15, -0.1) is 0 Å². The van der Waals surface area contributed by atoms with Crippen LogP contribution >= 0.6 is 0 Å². The van der Waals surface area contributed by atoms with E-state index >= 15 is 0 Å². The summed E-state index contributed by atoms with van der Waals surface area (Å²) in [5.41, 5.74) is 3.50. The van der Waals surface area contributed by atoms with Crippen LogP contribution in [0.25, 0.3) is 11.4 Å². The molecular weight excluding hydrogens is 350 g/mol. The van der Waals surface area contributed by atoms with Crippen LogP contribution < -0.4 is 0 Å². The molecule has 1 atom stereocenters. The maximum atomic E-state index is 13.1. The number of nitrogens with zero attached hydrogens (tertiary/aromatic N) is 3. The van der Waals surface area contributed by atoms with Gasteiger partial charge >= 0.3 is 0 Å². The molecule has 146 valence electrons. The molecule has 3 heterocycles. The average molecular weight is 377 g/mol. The number of carbonyl (C=O) groups excluding carboxylic acids is 1. The second-order valence-electron chi connectivity index (χ2n) is 8.46. The van der Waals surface area contributed by atoms with Gasteiger partial charge in [0.05, 0.1) is 5.69 Å². The molecule has 1 aromatic heterocycles. The molecule has 3 aliphatic rings. The number of carbonyl (C=O) groups is 1. The normalized spacial score (nSPS) is 25.1. The SMILES string of the molecule is O=C(C1CCOCC1)N1CCCC2(CCc3cnc(-c4ccccc4)nc32)C1. The van der Waals surface area contributed by atoms with E-state index in [-0.39, 0.29) is 11.3 Å². The fraction of sp³-hybridized carbons (Fsp3) is 0.522. The summed E-state index contributed by atoms with van der Waals surface area (Å²) >= 11 is 0. The van der Waals surface area contributed by atoms with Crippen molar-refractivity contribution in [2.75, 3.05) is 26.3 Å². The highest BCUT2D eigenvalue weighted by molar-refractivity contribution is 5.79. The van der Waals surface area contributed by atoms with E-state index in [1.54, 1.807) is 0 Å². The molecule has 2 saturated heterocycles. The Morgan fingerprint density at radius 1 is 1.14 bits per heavy atom. The highest BCUT2D eigenvalue weighted by Crippen LogP contribution is 2.44. The number of piperidine rings is 1. The largest absolute Gasteiger partial charge is 0.381 e. The van der Waals surface area contributed by atoms with Gasteiger partial charge in [0.15, 0.2) is 5.82 Å². The van der Waals surface area contributed by atoms with Gasteiger partial charge in [-0.05, 0) is 44.1 Å². The van der Waals surface area contributed by atoms with E-state index in [0.717, 1.165) is 63.0 Å². The zero-order valence-corrected chi connectivity index (χ0v) is 16.3. The third kappa shape index (κ3) is 3.12. The van der Waals surface area contributed by atoms with Crippen molar-refractivity contribution in [1.82, 2.24) is 14.9 Å². The lowest BCUT2D eigenvalue weighted by Gasteiger charge is -2.42. The third-order valence-corrected chi connectivity index (χ3v) is 6.73. The fourth-order valence-corrected chi connectivity index (χ4v) is 5.19. The first-order valence-electron chi connectivity index (χ1n) is 10.5. The number of aromatic nitrogens is 2. The van der Waals surface area contributed by atoms with Gasteiger partial charge in [-0.3, -0.25) is 4.79 Å². The molecule has 2 aliphatic heterocycles. The van der Waals surface area contributed by atoms with Gasteiger partial charge in [-0.1, -0.05) is 30.3 Å². The van der Waals surface area contributed by atoms with Crippen LogP contribution in [-0.2, 0) is 21.4 Å². The Labute approximate surface area is 166 Å². The predicted octanol–water partition coefficient (Wildman–Crippen LogP) is 3.38. The molecule has 1 unspecified atom stereocenters. The van der Waals surface area contributed by atoms with Crippen molar-refractivity contribution in [3.8, 4) is 11.4 Å². The van der Waals surface area contributed by atoms with Crippen LogP contribution in [0, 0.1) is 5.92 Å². The second-order valence-corrected chi connectivity index (χ2v) is 8.46. The van der Waals surface area contributed by atoms with Crippen molar-refractivity contribution < 1.29 is 9.53 Å². The predicted molar refractivity (Wildman–Crippen MR) is 107 cm³/mol. The zero-order valence-electron chi connectivity index (χ0n) is 16.3. The number of benzene rings is 1. The first kappa shape index (κ1) is 17.8. The summed E-state index contributed by atoms with van der Waals surface area (Å²) < 4.78 is 5.44. The molecule has 5 heteroatoms. The molecule has 1 aliphatic carbocycles. The first-order chi connectivity index (χ1) is 13.8. The van der Waals surface area contributed by atoms with Crippen LogP contribution in [0.5, 0.6) is 0 Å². The molecular formula is C23H27N3O2. The Balaban J connectivity index is 1.43. The van der Waals surface area contributed by atoms with Crippen LogP contribution in [0.1, 0.15) is 43.4 Å². The smallest absolute Gasteiger partial charge is 0.225 e. The summed E-state index contributed by atoms with van der Waals surface area (Å²) in [5, 5.41) is 0. The number of fused-ring (bicyclic) bond motifs is 2. The lowest BCUT2D eigenvalue weighted by molar-refractivity contribution is -0.140. The Hall–Kier alpha value is -2.27. The van der Waals surface area contributed by atoms with Crippen molar-refractivity contribution in [2.45, 2.75) is 43.9 Å². The summed E-state index contributed by atoms with van der Waals surface area (Å²) in [7, 11) is 0. The topological polar surface area (TPSA) is 55.3 Å². The monoisotopic (exact) mass is 377 g/mol. The van der Waals surface area contributed by atoms with Gasteiger partial charge in [0.1, 0.15) is 0 Å². The number of amides is 1. The van der Waals surface area contributed by atoms with Crippen LogP contribution in [0.4, 0.5) is 0 Å². The summed E-state index contributed by atoms with van der Waals surface area (Å²) in [5.74, 6) is 1.26. The summed E-state index contributed by atoms with van der Waals surface area (Å²) in [6, 6.07) is 10.2. The molecule has 1 amide bonds. The molecule has 28 heavy (non-hydrogen) atoms. The van der Waals surface area contributed by atoms with E-state index < -0.39 is 0 Å². The first-order valence-corrected chi connectivity index (χ1v) is 10.5. The van der Waals surface area contributed by atoms with E-state index in [2.05, 4.69) is 22.0 Å². The molecule has 0 bridgehead atoms. The summed E-state index contributed by atoms with van der Waals surface area (Å²) in [4.78, 5) is 24.9. The number of hydrogen-bond donors (Lipinski definition) is 0. The van der Waals surface area contributed by atoms with Crippen LogP contribution in [0.3, 0.4) is 0 Å². The maximum absolute atomic E-state index is 13.1. The average Bonchev–Trinajstić information content (AvgIpc) is 3.11. The number of likely N-dealkylation sites (tertiary alicyclic amines) is 1. The molecule has 2 fully saturated rings. The van der Waals surface area contributed by atoms with E-state index in [0.29, 0.717) is 19.1 Å². The molecule has 0 saturated carbocycles.